The number of hydrogen-bond acceptors (Lipinski definition) is 5. The lowest BCUT2D eigenvalue weighted by Crippen LogP contribution is -1.93. The lowest BCUT2D eigenvalue weighted by molar-refractivity contribution is 0.174. The van der Waals surface area contributed by atoms with Crippen LogP contribution in [-0.2, 0) is 0 Å². The third kappa shape index (κ3) is 2.68. The number of pyridine rings is 1. The van der Waals surface area contributed by atoms with Gasteiger partial charge in [0.25, 0.3) is 0 Å². The number of aromatic nitrogens is 1. The third-order valence-corrected chi connectivity index (χ3v) is 3.23. The SMILES string of the molecule is Brc1cc2c(cc1/C=N/Nc1ccccn1)OCO2. The third-order valence-electron chi connectivity index (χ3n) is 2.54. The normalized spacial score (nSPS) is 12.9. The fourth-order valence-electron chi connectivity index (χ4n) is 1.63. The number of rotatable bonds is 3. The molecule has 0 saturated heterocycles. The maximum atomic E-state index is 5.32. The minimum absolute atomic E-state index is 0.258. The van der Waals surface area contributed by atoms with Crippen molar-refractivity contribution in [2.75, 3.05) is 12.2 Å². The first-order valence-corrected chi connectivity index (χ1v) is 6.41. The van der Waals surface area contributed by atoms with Crippen molar-refractivity contribution in [3.05, 3.63) is 46.6 Å². The highest BCUT2D eigenvalue weighted by Gasteiger charge is 2.15. The van der Waals surface area contributed by atoms with Crippen molar-refractivity contribution in [2.24, 2.45) is 5.10 Å². The van der Waals surface area contributed by atoms with Gasteiger partial charge < -0.3 is 9.47 Å². The van der Waals surface area contributed by atoms with Crippen molar-refractivity contribution < 1.29 is 9.47 Å². The van der Waals surface area contributed by atoms with Crippen LogP contribution < -0.4 is 14.9 Å². The molecule has 1 aliphatic heterocycles. The van der Waals surface area contributed by atoms with Crippen LogP contribution in [0.4, 0.5) is 5.82 Å². The first kappa shape index (κ1) is 12.0. The second-order valence-electron chi connectivity index (χ2n) is 3.81. The minimum Gasteiger partial charge on any atom is -0.454 e. The molecule has 3 rings (SSSR count). The summed E-state index contributed by atoms with van der Waals surface area (Å²) in [4.78, 5) is 4.11. The van der Waals surface area contributed by atoms with E-state index in [1.54, 1.807) is 12.4 Å². The standard InChI is InChI=1S/C13H10BrN3O2/c14-10-6-12-11(18-8-19-12)5-9(10)7-16-17-13-3-1-2-4-15-13/h1-7H,8H2,(H,15,17)/b16-7+. The van der Waals surface area contributed by atoms with Gasteiger partial charge in [0.2, 0.25) is 6.79 Å². The van der Waals surface area contributed by atoms with Gasteiger partial charge in [0.05, 0.1) is 6.21 Å². The molecule has 0 fully saturated rings. The van der Waals surface area contributed by atoms with Gasteiger partial charge in [-0.25, -0.2) is 4.98 Å². The molecule has 2 aromatic rings. The summed E-state index contributed by atoms with van der Waals surface area (Å²) < 4.78 is 11.5. The van der Waals surface area contributed by atoms with Gasteiger partial charge in [-0.3, -0.25) is 5.43 Å². The molecule has 2 heterocycles. The molecule has 96 valence electrons. The van der Waals surface area contributed by atoms with Gasteiger partial charge >= 0.3 is 0 Å². The average molecular weight is 320 g/mol. The van der Waals surface area contributed by atoms with Crippen LogP contribution in [0.3, 0.4) is 0 Å². The first-order valence-electron chi connectivity index (χ1n) is 5.62. The van der Waals surface area contributed by atoms with E-state index in [0.717, 1.165) is 21.5 Å². The Balaban J connectivity index is 1.76. The van der Waals surface area contributed by atoms with Gasteiger partial charge in [0, 0.05) is 16.2 Å². The lowest BCUT2D eigenvalue weighted by Gasteiger charge is -2.02. The Labute approximate surface area is 118 Å². The molecule has 1 N–H and O–H groups in total. The van der Waals surface area contributed by atoms with E-state index in [2.05, 4.69) is 31.4 Å². The fourth-order valence-corrected chi connectivity index (χ4v) is 2.05. The minimum atomic E-state index is 0.258. The molecule has 1 aromatic heterocycles. The monoisotopic (exact) mass is 319 g/mol. The predicted molar refractivity (Wildman–Crippen MR) is 75.7 cm³/mol. The number of fused-ring (bicyclic) bond motifs is 1. The van der Waals surface area contributed by atoms with E-state index in [1.807, 2.05) is 30.3 Å². The molecule has 0 bridgehead atoms. The molecular weight excluding hydrogens is 310 g/mol. The fraction of sp³-hybridized carbons (Fsp3) is 0.0769. The molecule has 0 unspecified atom stereocenters. The summed E-state index contributed by atoms with van der Waals surface area (Å²) in [6.45, 7) is 0.258. The van der Waals surface area contributed by atoms with Crippen molar-refractivity contribution in [2.45, 2.75) is 0 Å². The van der Waals surface area contributed by atoms with E-state index in [1.165, 1.54) is 0 Å². The van der Waals surface area contributed by atoms with Crippen LogP contribution in [-0.4, -0.2) is 18.0 Å². The number of hydrogen-bond donors (Lipinski definition) is 1. The molecule has 6 heteroatoms. The summed E-state index contributed by atoms with van der Waals surface area (Å²) in [5, 5.41) is 4.13. The highest BCUT2D eigenvalue weighted by molar-refractivity contribution is 9.10. The van der Waals surface area contributed by atoms with Gasteiger partial charge in [0.1, 0.15) is 5.82 Å². The summed E-state index contributed by atoms with van der Waals surface area (Å²) in [6.07, 6.45) is 3.40. The summed E-state index contributed by atoms with van der Waals surface area (Å²) in [6, 6.07) is 9.32. The van der Waals surface area contributed by atoms with Crippen LogP contribution in [0.15, 0.2) is 46.1 Å². The van der Waals surface area contributed by atoms with Crippen molar-refractivity contribution >= 4 is 28.0 Å². The van der Waals surface area contributed by atoms with E-state index < -0.39 is 0 Å². The molecule has 19 heavy (non-hydrogen) atoms. The van der Waals surface area contributed by atoms with Gasteiger partial charge in [-0.2, -0.15) is 5.10 Å². The van der Waals surface area contributed by atoms with Crippen LogP contribution in [0.5, 0.6) is 11.5 Å². The Kier molecular flexibility index (Phi) is 3.33. The average Bonchev–Trinajstić information content (AvgIpc) is 2.87. The van der Waals surface area contributed by atoms with Gasteiger partial charge in [0.15, 0.2) is 11.5 Å². The van der Waals surface area contributed by atoms with E-state index in [4.69, 9.17) is 9.47 Å². The number of nitrogens with zero attached hydrogens (tertiary/aromatic N) is 2. The molecule has 1 aromatic carbocycles. The van der Waals surface area contributed by atoms with Crippen LogP contribution in [0, 0.1) is 0 Å². The Morgan fingerprint density at radius 2 is 2.11 bits per heavy atom. The highest BCUT2D eigenvalue weighted by Crippen LogP contribution is 2.36. The number of hydrazone groups is 1. The summed E-state index contributed by atoms with van der Waals surface area (Å²) in [5.41, 5.74) is 3.75. The zero-order valence-electron chi connectivity index (χ0n) is 9.84. The van der Waals surface area contributed by atoms with Crippen LogP contribution in [0.1, 0.15) is 5.56 Å². The van der Waals surface area contributed by atoms with E-state index in [-0.39, 0.29) is 6.79 Å². The number of ether oxygens (including phenoxy) is 2. The number of anilines is 1. The van der Waals surface area contributed by atoms with Crippen molar-refractivity contribution in [1.82, 2.24) is 4.98 Å². The zero-order chi connectivity index (χ0) is 13.1. The second kappa shape index (κ2) is 5.27. The topological polar surface area (TPSA) is 55.7 Å². The van der Waals surface area contributed by atoms with Crippen molar-refractivity contribution in [3.63, 3.8) is 0 Å². The Morgan fingerprint density at radius 3 is 2.89 bits per heavy atom. The van der Waals surface area contributed by atoms with E-state index >= 15 is 0 Å². The zero-order valence-corrected chi connectivity index (χ0v) is 11.4. The molecule has 0 aliphatic carbocycles. The summed E-state index contributed by atoms with van der Waals surface area (Å²) in [7, 11) is 0. The Hall–Kier alpha value is -2.08. The van der Waals surface area contributed by atoms with E-state index in [0.29, 0.717) is 5.82 Å². The largest absolute Gasteiger partial charge is 0.454 e. The first-order chi connectivity index (χ1) is 9.33. The number of nitrogens with one attached hydrogen (secondary N) is 1. The smallest absolute Gasteiger partial charge is 0.231 e. The van der Waals surface area contributed by atoms with Crippen LogP contribution >= 0.6 is 15.9 Å². The molecule has 0 amide bonds. The molecule has 1 aliphatic rings. The maximum Gasteiger partial charge on any atom is 0.231 e. The van der Waals surface area contributed by atoms with Gasteiger partial charge in [-0.1, -0.05) is 6.07 Å². The predicted octanol–water partition coefficient (Wildman–Crippen LogP) is 3.02. The summed E-state index contributed by atoms with van der Waals surface area (Å²) in [5.74, 6) is 2.15. The molecule has 5 nitrogen and oxygen atoms in total. The molecule has 0 atom stereocenters. The quantitative estimate of drug-likeness (QED) is 0.698. The van der Waals surface area contributed by atoms with Gasteiger partial charge in [-0.05, 0) is 40.2 Å². The molecule has 0 radical (unpaired) electrons. The van der Waals surface area contributed by atoms with Crippen molar-refractivity contribution in [3.8, 4) is 11.5 Å². The van der Waals surface area contributed by atoms with Crippen molar-refractivity contribution in [1.29, 1.82) is 0 Å². The van der Waals surface area contributed by atoms with Crippen LogP contribution in [0.2, 0.25) is 0 Å². The molecule has 0 saturated carbocycles. The number of benzene rings is 1. The van der Waals surface area contributed by atoms with Gasteiger partial charge in [-0.15, -0.1) is 0 Å². The Bertz CT molecular complexity index is 617. The highest BCUT2D eigenvalue weighted by atomic mass is 79.9. The van der Waals surface area contributed by atoms with Crippen LogP contribution in [0.25, 0.3) is 0 Å². The van der Waals surface area contributed by atoms with E-state index in [9.17, 15) is 0 Å². The molecule has 0 spiro atoms. The summed E-state index contributed by atoms with van der Waals surface area (Å²) >= 11 is 3.47. The maximum absolute atomic E-state index is 5.32. The number of halogens is 1. The lowest BCUT2D eigenvalue weighted by atomic mass is 10.2. The second-order valence-corrected chi connectivity index (χ2v) is 4.67. The molecular formula is C13H10BrN3O2. The Morgan fingerprint density at radius 1 is 1.26 bits per heavy atom.